The SMILES string of the molecule is COCCOc1ccc(C(C)(C)c2ccc(C(C)(c3ccc(OCC4CO4)cc3)c3ccc(OCC4CO4)cc3)cc2)cc1. The summed E-state index contributed by atoms with van der Waals surface area (Å²) in [6.45, 7) is 10.7. The molecule has 0 aromatic heterocycles. The molecule has 0 spiro atoms. The largest absolute Gasteiger partial charge is 0.491 e. The minimum absolute atomic E-state index is 0.186. The molecule has 44 heavy (non-hydrogen) atoms. The third-order valence-corrected chi connectivity index (χ3v) is 8.86. The van der Waals surface area contributed by atoms with Crippen molar-refractivity contribution < 1.29 is 28.4 Å². The number of epoxide rings is 2. The van der Waals surface area contributed by atoms with E-state index in [1.165, 1.54) is 27.8 Å². The molecular formula is C38H42O6. The summed E-state index contributed by atoms with van der Waals surface area (Å²) in [5.74, 6) is 2.55. The van der Waals surface area contributed by atoms with Gasteiger partial charge in [-0.05, 0) is 71.1 Å². The van der Waals surface area contributed by atoms with Gasteiger partial charge in [0.25, 0.3) is 0 Å². The van der Waals surface area contributed by atoms with Crippen molar-refractivity contribution in [3.8, 4) is 17.2 Å². The third kappa shape index (κ3) is 6.94. The van der Waals surface area contributed by atoms with Gasteiger partial charge in [0.15, 0.2) is 0 Å². The van der Waals surface area contributed by atoms with Crippen molar-refractivity contribution >= 4 is 0 Å². The Kier molecular flexibility index (Phi) is 8.94. The molecule has 2 aliphatic heterocycles. The van der Waals surface area contributed by atoms with Gasteiger partial charge in [0, 0.05) is 17.9 Å². The van der Waals surface area contributed by atoms with Crippen LogP contribution in [0.1, 0.15) is 48.6 Å². The van der Waals surface area contributed by atoms with Crippen molar-refractivity contribution in [1.29, 1.82) is 0 Å². The van der Waals surface area contributed by atoms with E-state index in [4.69, 9.17) is 28.4 Å². The molecule has 6 heteroatoms. The molecule has 2 unspecified atom stereocenters. The van der Waals surface area contributed by atoms with Crippen LogP contribution < -0.4 is 14.2 Å². The molecule has 0 amide bonds. The second-order valence-electron chi connectivity index (χ2n) is 12.3. The summed E-state index contributed by atoms with van der Waals surface area (Å²) in [6, 6.07) is 34.4. The van der Waals surface area contributed by atoms with E-state index in [1.807, 2.05) is 12.1 Å². The van der Waals surface area contributed by atoms with E-state index in [-0.39, 0.29) is 17.6 Å². The number of hydrogen-bond acceptors (Lipinski definition) is 6. The normalized spacial score (nSPS) is 18.7. The van der Waals surface area contributed by atoms with Crippen LogP contribution in [0.5, 0.6) is 17.2 Å². The molecule has 4 aromatic carbocycles. The van der Waals surface area contributed by atoms with Crippen LogP contribution in [-0.2, 0) is 25.0 Å². The lowest BCUT2D eigenvalue weighted by Crippen LogP contribution is -2.26. The molecule has 0 N–H and O–H groups in total. The lowest BCUT2D eigenvalue weighted by atomic mass is 9.70. The second-order valence-corrected chi connectivity index (χ2v) is 12.3. The summed E-state index contributed by atoms with van der Waals surface area (Å²) < 4.78 is 33.3. The van der Waals surface area contributed by atoms with Crippen LogP contribution >= 0.6 is 0 Å². The molecule has 0 bridgehead atoms. The first-order valence-electron chi connectivity index (χ1n) is 15.4. The second kappa shape index (κ2) is 13.0. The van der Waals surface area contributed by atoms with Crippen molar-refractivity contribution in [2.45, 2.75) is 43.8 Å². The summed E-state index contributed by atoms with van der Waals surface area (Å²) >= 11 is 0. The molecule has 2 heterocycles. The number of rotatable bonds is 15. The van der Waals surface area contributed by atoms with Crippen LogP contribution in [0.15, 0.2) is 97.1 Å². The monoisotopic (exact) mass is 594 g/mol. The Labute approximate surface area is 260 Å². The van der Waals surface area contributed by atoms with Crippen molar-refractivity contribution in [1.82, 2.24) is 0 Å². The predicted molar refractivity (Wildman–Crippen MR) is 171 cm³/mol. The molecule has 0 aliphatic carbocycles. The van der Waals surface area contributed by atoms with E-state index in [0.29, 0.717) is 26.4 Å². The van der Waals surface area contributed by atoms with Crippen LogP contribution in [0.25, 0.3) is 0 Å². The van der Waals surface area contributed by atoms with Gasteiger partial charge in [0.05, 0.1) is 19.8 Å². The summed E-state index contributed by atoms with van der Waals surface area (Å²) in [6.07, 6.45) is 0.448. The molecule has 2 fully saturated rings. The Bertz CT molecular complexity index is 1430. The number of hydrogen-bond donors (Lipinski definition) is 0. The van der Waals surface area contributed by atoms with Gasteiger partial charge in [0.1, 0.15) is 49.3 Å². The molecule has 6 nitrogen and oxygen atoms in total. The highest BCUT2D eigenvalue weighted by Gasteiger charge is 2.33. The van der Waals surface area contributed by atoms with E-state index in [0.717, 1.165) is 30.5 Å². The highest BCUT2D eigenvalue weighted by atomic mass is 16.6. The van der Waals surface area contributed by atoms with Gasteiger partial charge in [-0.15, -0.1) is 0 Å². The van der Waals surface area contributed by atoms with Crippen LogP contribution in [0.2, 0.25) is 0 Å². The zero-order valence-electron chi connectivity index (χ0n) is 26.1. The molecule has 2 atom stereocenters. The first kappa shape index (κ1) is 30.2. The Morgan fingerprint density at radius 2 is 0.864 bits per heavy atom. The van der Waals surface area contributed by atoms with Gasteiger partial charge in [-0.25, -0.2) is 0 Å². The Hall–Kier alpha value is -3.84. The molecule has 0 saturated carbocycles. The molecule has 0 radical (unpaired) electrons. The summed E-state index contributed by atoms with van der Waals surface area (Å²) in [4.78, 5) is 0. The quantitative estimate of drug-likeness (QED) is 0.0844. The van der Waals surface area contributed by atoms with Crippen LogP contribution in [-0.4, -0.2) is 59.0 Å². The lowest BCUT2D eigenvalue weighted by Gasteiger charge is -2.33. The first-order chi connectivity index (χ1) is 21.4. The number of methoxy groups -OCH3 is 1. The minimum atomic E-state index is -0.403. The smallest absolute Gasteiger partial charge is 0.119 e. The fraction of sp³-hybridized carbons (Fsp3) is 0.368. The van der Waals surface area contributed by atoms with E-state index in [9.17, 15) is 0 Å². The number of benzene rings is 4. The highest BCUT2D eigenvalue weighted by molar-refractivity contribution is 5.52. The fourth-order valence-electron chi connectivity index (χ4n) is 5.57. The Morgan fingerprint density at radius 1 is 0.523 bits per heavy atom. The van der Waals surface area contributed by atoms with Gasteiger partial charge >= 0.3 is 0 Å². The first-order valence-corrected chi connectivity index (χ1v) is 15.4. The van der Waals surface area contributed by atoms with E-state index >= 15 is 0 Å². The molecular weight excluding hydrogens is 552 g/mol. The lowest BCUT2D eigenvalue weighted by molar-refractivity contribution is 0.146. The van der Waals surface area contributed by atoms with E-state index in [1.54, 1.807) is 7.11 Å². The van der Waals surface area contributed by atoms with Gasteiger partial charge < -0.3 is 28.4 Å². The maximum absolute atomic E-state index is 5.94. The molecule has 2 aliphatic rings. The van der Waals surface area contributed by atoms with Crippen LogP contribution in [0.3, 0.4) is 0 Å². The van der Waals surface area contributed by atoms with Gasteiger partial charge in [-0.2, -0.15) is 0 Å². The van der Waals surface area contributed by atoms with Crippen LogP contribution in [0, 0.1) is 0 Å². The average molecular weight is 595 g/mol. The molecule has 6 rings (SSSR count). The summed E-state index contributed by atoms with van der Waals surface area (Å²) in [5, 5.41) is 0. The Balaban J connectivity index is 1.27. The van der Waals surface area contributed by atoms with Crippen molar-refractivity contribution in [2.75, 3.05) is 46.8 Å². The minimum Gasteiger partial charge on any atom is -0.491 e. The van der Waals surface area contributed by atoms with E-state index in [2.05, 4.69) is 106 Å². The standard InChI is InChI=1S/C38H42O6/c1-37(2,28-9-15-32(16-10-28)40-22-21-39-4)27-5-7-29(8-6-27)38(3,30-11-17-33(18-12-30)41-23-35-25-43-35)31-13-19-34(20-14-31)42-24-36-26-44-36/h5-20,35-36H,21-26H2,1-4H3. The zero-order valence-corrected chi connectivity index (χ0v) is 26.1. The Morgan fingerprint density at radius 3 is 1.25 bits per heavy atom. The molecule has 2 saturated heterocycles. The zero-order chi connectivity index (χ0) is 30.6. The summed E-state index contributed by atoms with van der Waals surface area (Å²) in [7, 11) is 1.68. The maximum Gasteiger partial charge on any atom is 0.119 e. The highest BCUT2D eigenvalue weighted by Crippen LogP contribution is 2.41. The van der Waals surface area contributed by atoms with Crippen molar-refractivity contribution in [2.24, 2.45) is 0 Å². The topological polar surface area (TPSA) is 62.0 Å². The van der Waals surface area contributed by atoms with Crippen LogP contribution in [0.4, 0.5) is 0 Å². The molecule has 230 valence electrons. The predicted octanol–water partition coefficient (Wildman–Crippen LogP) is 6.95. The summed E-state index contributed by atoms with van der Waals surface area (Å²) in [5.41, 5.74) is 5.46. The third-order valence-electron chi connectivity index (χ3n) is 8.86. The fourth-order valence-corrected chi connectivity index (χ4v) is 5.57. The number of ether oxygens (including phenoxy) is 6. The van der Waals surface area contributed by atoms with Gasteiger partial charge in [-0.3, -0.25) is 0 Å². The van der Waals surface area contributed by atoms with E-state index < -0.39 is 5.41 Å². The van der Waals surface area contributed by atoms with Crippen molar-refractivity contribution in [3.63, 3.8) is 0 Å². The molecule has 4 aromatic rings. The van der Waals surface area contributed by atoms with Crippen molar-refractivity contribution in [3.05, 3.63) is 125 Å². The van der Waals surface area contributed by atoms with Gasteiger partial charge in [-0.1, -0.05) is 74.5 Å². The van der Waals surface area contributed by atoms with Gasteiger partial charge in [0.2, 0.25) is 0 Å². The average Bonchev–Trinajstić information content (AvgIpc) is 4.00. The maximum atomic E-state index is 5.94.